The molecule has 5 nitrogen and oxygen atoms in total. The fourth-order valence-corrected chi connectivity index (χ4v) is 19.0. The number of hydrogen-bond donors (Lipinski definition) is 0. The van der Waals surface area contributed by atoms with Crippen LogP contribution >= 0.6 is 106 Å². The molecule has 0 spiro atoms. The summed E-state index contributed by atoms with van der Waals surface area (Å²) in [5.74, 6) is 0. The van der Waals surface area contributed by atoms with Gasteiger partial charge in [0.25, 0.3) is 0 Å². The monoisotopic (exact) mass is 1780 g/mol. The van der Waals surface area contributed by atoms with Crippen molar-refractivity contribution in [2.75, 3.05) is 62.6 Å². The Balaban J connectivity index is 0.000000347. The van der Waals surface area contributed by atoms with Gasteiger partial charge >= 0.3 is 2.85 Å². The van der Waals surface area contributed by atoms with Crippen molar-refractivity contribution in [3.8, 4) is 0 Å². The Morgan fingerprint density at radius 1 is 0.217 bits per heavy atom. The molecule has 14 rings (SSSR count). The molecule has 0 radical (unpaired) electrons. The molecular formula is C96H104O5S14+4. The standard InChI is InChI=1S/C15H17S2.C14H14S2.C14H15S2.2C13H12OS2.C13H12S2.C7H8OS.C7H8S.2H2O/c1-12-4-6-13(7-5-12)16-14-8-10-15(11-9-14)17(2)3;1-11-3-5-13(6-4-11)16-14-9-7-12(15-2)8-10-14;1-15-12-8-10-14(11-9-12)16(2)13-6-4-3-5-7-13;2*1-16(14)13-9-7-12(8-10-13)15-11-5-3-2-4-6-11;1-14-11-7-9-13(10-8-11)15-12-5-3-2-4-6-12;1-9(8)7-5-3-2-4-6-7;1-8-7-5-3-2-4-6-7;;/h4-11H,1-3H3;3-10H,1-2H3;3-11H,1-2H3;2*2-10H,1H3;2-10H,1H3;2-6H,1H3;2-6H,1H3;2*1H2/q+1;;+1;;;;;;;/p+2. The topological polar surface area (TPSA) is 114 Å². The normalized spacial score (nSPS) is 11.2. The molecule has 19 heteroatoms. The first-order chi connectivity index (χ1) is 54.9. The fourth-order valence-electron chi connectivity index (χ4n) is 9.53. The lowest BCUT2D eigenvalue weighted by atomic mass is 10.2. The van der Waals surface area contributed by atoms with Gasteiger partial charge in [0.15, 0.2) is 14.7 Å². The van der Waals surface area contributed by atoms with Crippen LogP contribution in [0.4, 0.5) is 0 Å². The highest BCUT2D eigenvalue weighted by Gasteiger charge is 2.18. The van der Waals surface area contributed by atoms with E-state index in [-0.39, 0.29) is 24.7 Å². The minimum Gasteiger partial charge on any atom is -0.412 e. The van der Waals surface area contributed by atoms with Crippen LogP contribution in [0.5, 0.6) is 0 Å². The molecule has 598 valence electrons. The molecule has 0 amide bonds. The molecule has 0 fully saturated rings. The highest BCUT2D eigenvalue weighted by atomic mass is 32.2. The first-order valence-electron chi connectivity index (χ1n) is 35.7. The summed E-state index contributed by atoms with van der Waals surface area (Å²) >= 11 is 15.9. The summed E-state index contributed by atoms with van der Waals surface area (Å²) in [5.41, 5.74) is 2.62. The lowest BCUT2D eigenvalue weighted by Gasteiger charge is -2.03. The molecule has 0 aliphatic rings. The number of rotatable bonds is 20. The van der Waals surface area contributed by atoms with Gasteiger partial charge in [-0.15, -0.1) is 47.0 Å². The highest BCUT2D eigenvalue weighted by molar-refractivity contribution is 8.01. The zero-order chi connectivity index (χ0) is 80.8. The minimum absolute atomic E-state index is 0. The molecule has 14 aromatic carbocycles. The summed E-state index contributed by atoms with van der Waals surface area (Å²) < 4.78 is 33.2. The molecule has 4 N–H and O–H groups in total. The van der Waals surface area contributed by atoms with E-state index in [9.17, 15) is 12.6 Å². The average molecular weight is 1790 g/mol. The van der Waals surface area contributed by atoms with Crippen LogP contribution in [0.15, 0.2) is 474 Å². The Hall–Kier alpha value is -6.70. The van der Waals surface area contributed by atoms with Gasteiger partial charge in [-0.05, 0) is 282 Å². The first kappa shape index (κ1) is 98.9. The second-order valence-electron chi connectivity index (χ2n) is 24.3. The Bertz CT molecular complexity index is 4870. The molecule has 0 aliphatic carbocycles. The number of thioether (sulfide) groups is 4. The maximum atomic E-state index is 11.2. The van der Waals surface area contributed by atoms with Crippen molar-refractivity contribution < 1.29 is 26.4 Å². The number of aryl methyl sites for hydroxylation is 2. The van der Waals surface area contributed by atoms with Crippen LogP contribution in [0, 0.1) is 13.8 Å². The summed E-state index contributed by atoms with van der Waals surface area (Å²) in [4.78, 5) is 24.7. The summed E-state index contributed by atoms with van der Waals surface area (Å²) in [6.07, 6.45) is 20.2. The van der Waals surface area contributed by atoms with Gasteiger partial charge in [0, 0.05) is 145 Å². The van der Waals surface area contributed by atoms with Crippen LogP contribution in [-0.4, -0.2) is 86.1 Å². The molecule has 0 saturated carbocycles. The molecule has 4 unspecified atom stereocenters. The van der Waals surface area contributed by atoms with Gasteiger partial charge in [0.05, 0.1) is 10.9 Å². The van der Waals surface area contributed by atoms with Gasteiger partial charge < -0.3 is 11.0 Å². The predicted molar refractivity (Wildman–Crippen MR) is 521 cm³/mol. The Labute approximate surface area is 740 Å². The van der Waals surface area contributed by atoms with Crippen LogP contribution in [-0.2, 0) is 54.2 Å². The molecule has 0 aromatic heterocycles. The van der Waals surface area contributed by atoms with E-state index in [0.29, 0.717) is 10.9 Å². The third-order valence-electron chi connectivity index (χ3n) is 15.7. The predicted octanol–water partition coefficient (Wildman–Crippen LogP) is 27.4. The maximum absolute atomic E-state index is 11.2. The van der Waals surface area contributed by atoms with Crippen LogP contribution in [0.25, 0.3) is 0 Å². The average Bonchev–Trinajstić information content (AvgIpc) is 1.38. The minimum atomic E-state index is -0.893. The molecule has 0 bridgehead atoms. The zero-order valence-electron chi connectivity index (χ0n) is 68.7. The smallest absolute Gasteiger partial charge is 0.412 e. The van der Waals surface area contributed by atoms with Crippen LogP contribution < -0.4 is 0 Å². The zero-order valence-corrected chi connectivity index (χ0v) is 78.2. The summed E-state index contributed by atoms with van der Waals surface area (Å²) in [5, 5.41) is 0. The quantitative estimate of drug-likeness (QED) is 0.0535. The van der Waals surface area contributed by atoms with Crippen molar-refractivity contribution in [2.45, 2.75) is 112 Å². The SMILES string of the molecule is CS(=O)c1ccc(Sc2ccccc2)cc1.CS(=O)c1ccc(Sc2ccccc2)cc1.CS(=O)c1ccccc1.CSc1ccc(Sc2ccc(C)cc2)cc1.CSc1ccc(Sc2ccccc2)cc1.CSc1ccc([S+](C)c2ccccc2)cc1.CSc1ccccc1.Cc1ccc(Sc2ccc([S+](C)C)cc2)cc1.O.O.[H+].[H+]. The van der Waals surface area contributed by atoms with Crippen molar-refractivity contribution in [1.29, 1.82) is 0 Å². The third-order valence-corrected chi connectivity index (χ3v) is 29.8. The molecule has 0 saturated heterocycles. The van der Waals surface area contributed by atoms with Gasteiger partial charge in [0.1, 0.15) is 18.8 Å². The van der Waals surface area contributed by atoms with Crippen molar-refractivity contribution in [2.24, 2.45) is 0 Å². The summed E-state index contributed by atoms with van der Waals surface area (Å²) in [6.45, 7) is 4.23. The van der Waals surface area contributed by atoms with E-state index in [1.807, 2.05) is 151 Å². The Morgan fingerprint density at radius 2 is 0.391 bits per heavy atom. The Morgan fingerprint density at radius 3 is 0.635 bits per heavy atom. The van der Waals surface area contributed by atoms with E-state index in [2.05, 4.69) is 294 Å². The lowest BCUT2D eigenvalue weighted by molar-refractivity contribution is 0.686. The number of hydrogen-bond acceptors (Lipinski definition) is 12. The van der Waals surface area contributed by atoms with Gasteiger partial charge in [-0.3, -0.25) is 12.6 Å². The second-order valence-corrected chi connectivity index (χ2v) is 41.8. The molecule has 14 aromatic rings. The van der Waals surface area contributed by atoms with Crippen molar-refractivity contribution in [3.63, 3.8) is 0 Å². The van der Waals surface area contributed by atoms with Gasteiger partial charge in [-0.25, -0.2) is 0 Å². The van der Waals surface area contributed by atoms with E-state index in [0.717, 1.165) is 14.7 Å². The molecule has 115 heavy (non-hydrogen) atoms. The van der Waals surface area contributed by atoms with E-state index in [1.165, 1.54) is 94.4 Å². The first-order valence-corrected chi connectivity index (χ1v) is 53.0. The van der Waals surface area contributed by atoms with E-state index < -0.39 is 32.4 Å². The van der Waals surface area contributed by atoms with Gasteiger partial charge in [-0.1, -0.05) is 203 Å². The Kier molecular flexibility index (Phi) is 49.4. The van der Waals surface area contributed by atoms with Crippen LogP contribution in [0.2, 0.25) is 0 Å². The molecule has 4 atom stereocenters. The van der Waals surface area contributed by atoms with E-state index in [4.69, 9.17) is 0 Å². The third kappa shape index (κ3) is 39.6. The largest absolute Gasteiger partial charge is 1.00 e. The van der Waals surface area contributed by atoms with Crippen LogP contribution in [0.1, 0.15) is 14.0 Å². The van der Waals surface area contributed by atoms with E-state index >= 15 is 0 Å². The van der Waals surface area contributed by atoms with Gasteiger partial charge in [0.2, 0.25) is 0 Å². The second kappa shape index (κ2) is 57.4. The highest BCUT2D eigenvalue weighted by Crippen LogP contribution is 2.34. The summed E-state index contributed by atoms with van der Waals surface area (Å²) in [6, 6.07) is 129. The van der Waals surface area contributed by atoms with Crippen LogP contribution in [0.3, 0.4) is 0 Å². The van der Waals surface area contributed by atoms with Gasteiger partial charge in [-0.2, -0.15) is 0 Å². The van der Waals surface area contributed by atoms with Crippen molar-refractivity contribution in [1.82, 2.24) is 0 Å². The van der Waals surface area contributed by atoms with E-state index in [1.54, 1.807) is 113 Å². The molecule has 0 heterocycles. The number of benzene rings is 14. The summed E-state index contributed by atoms with van der Waals surface area (Å²) in [7, 11) is -2.08. The lowest BCUT2D eigenvalue weighted by Crippen LogP contribution is -1.99. The van der Waals surface area contributed by atoms with Crippen molar-refractivity contribution in [3.05, 3.63) is 387 Å². The fraction of sp³-hybridized carbons (Fsp3) is 0.125. The van der Waals surface area contributed by atoms with Crippen molar-refractivity contribution >= 4 is 160 Å². The maximum Gasteiger partial charge on any atom is 1.00 e. The molecule has 0 aliphatic heterocycles. The molecular weight excluding hydrogens is 1680 g/mol.